The van der Waals surface area contributed by atoms with Crippen molar-refractivity contribution < 1.29 is 14.0 Å². The Morgan fingerprint density at radius 2 is 1.81 bits per heavy atom. The second kappa shape index (κ2) is 7.58. The van der Waals surface area contributed by atoms with Crippen LogP contribution in [0.15, 0.2) is 48.5 Å². The number of Topliss-reactive ketones (excluding diaryl/α,β-unsaturated/α-hetero) is 1. The summed E-state index contributed by atoms with van der Waals surface area (Å²) in [7, 11) is 0. The van der Waals surface area contributed by atoms with E-state index in [1.54, 1.807) is 43.3 Å². The van der Waals surface area contributed by atoms with Gasteiger partial charge in [-0.1, -0.05) is 24.3 Å². The van der Waals surface area contributed by atoms with Crippen molar-refractivity contribution in [2.75, 3.05) is 5.32 Å². The highest BCUT2D eigenvalue weighted by Crippen LogP contribution is 2.23. The van der Waals surface area contributed by atoms with Gasteiger partial charge in [0.25, 0.3) is 5.91 Å². The largest absolute Gasteiger partial charge is 0.321 e. The number of carbonyl (C=O) groups excluding carboxylic acids is 2. The number of aromatic nitrogens is 1. The maximum atomic E-state index is 13.0. The molecule has 6 heteroatoms. The Bertz CT molecular complexity index is 964. The first-order chi connectivity index (χ1) is 12.4. The van der Waals surface area contributed by atoms with Gasteiger partial charge in [0, 0.05) is 12.0 Å². The summed E-state index contributed by atoms with van der Waals surface area (Å²) in [6.07, 6.45) is 0.531. The molecule has 3 aromatic rings. The summed E-state index contributed by atoms with van der Waals surface area (Å²) in [5, 5.41) is 3.57. The predicted octanol–water partition coefficient (Wildman–Crippen LogP) is 4.64. The lowest BCUT2D eigenvalue weighted by atomic mass is 10.1. The van der Waals surface area contributed by atoms with Gasteiger partial charge in [0.15, 0.2) is 5.78 Å². The molecule has 1 N–H and O–H groups in total. The first-order valence-corrected chi connectivity index (χ1v) is 8.88. The van der Waals surface area contributed by atoms with Crippen molar-refractivity contribution in [3.8, 4) is 0 Å². The van der Waals surface area contributed by atoms with Gasteiger partial charge in [-0.2, -0.15) is 0 Å². The predicted molar refractivity (Wildman–Crippen MR) is 100 cm³/mol. The van der Waals surface area contributed by atoms with Gasteiger partial charge in [-0.15, -0.1) is 11.3 Å². The van der Waals surface area contributed by atoms with Crippen LogP contribution in [0.5, 0.6) is 0 Å². The number of halogens is 1. The number of nitrogens with one attached hydrogen (secondary N) is 1. The summed E-state index contributed by atoms with van der Waals surface area (Å²) in [6, 6.07) is 13.1. The lowest BCUT2D eigenvalue weighted by Crippen LogP contribution is -2.14. The van der Waals surface area contributed by atoms with Crippen LogP contribution in [-0.2, 0) is 6.42 Å². The van der Waals surface area contributed by atoms with Gasteiger partial charge in [-0.05, 0) is 43.7 Å². The maximum Gasteiger partial charge on any atom is 0.267 e. The molecule has 0 spiro atoms. The molecule has 0 bridgehead atoms. The first-order valence-electron chi connectivity index (χ1n) is 8.06. The van der Waals surface area contributed by atoms with Crippen LogP contribution < -0.4 is 5.32 Å². The van der Waals surface area contributed by atoms with Crippen molar-refractivity contribution in [2.45, 2.75) is 20.3 Å². The van der Waals surface area contributed by atoms with E-state index in [1.807, 2.05) is 0 Å². The number of aryl methyl sites for hydroxylation is 1. The molecule has 0 saturated carbocycles. The first kappa shape index (κ1) is 17.9. The van der Waals surface area contributed by atoms with E-state index in [9.17, 15) is 14.0 Å². The number of carbonyl (C=O) groups is 2. The van der Waals surface area contributed by atoms with E-state index in [0.717, 1.165) is 10.6 Å². The van der Waals surface area contributed by atoms with E-state index in [0.29, 0.717) is 28.2 Å². The van der Waals surface area contributed by atoms with Gasteiger partial charge in [-0.3, -0.25) is 9.59 Å². The number of hydrogen-bond acceptors (Lipinski definition) is 4. The summed E-state index contributed by atoms with van der Waals surface area (Å²) in [4.78, 5) is 29.3. The van der Waals surface area contributed by atoms with E-state index in [4.69, 9.17) is 0 Å². The molecule has 0 saturated heterocycles. The van der Waals surface area contributed by atoms with Crippen LogP contribution in [0.1, 0.15) is 43.2 Å². The van der Waals surface area contributed by atoms with Gasteiger partial charge in [0.1, 0.15) is 10.7 Å². The fraction of sp³-hybridized carbons (Fsp3) is 0.150. The van der Waals surface area contributed by atoms with E-state index < -0.39 is 0 Å². The number of amides is 1. The lowest BCUT2D eigenvalue weighted by Gasteiger charge is -2.08. The highest BCUT2D eigenvalue weighted by molar-refractivity contribution is 7.14. The molecule has 132 valence electrons. The summed E-state index contributed by atoms with van der Waals surface area (Å²) in [6.45, 7) is 3.24. The quantitative estimate of drug-likeness (QED) is 0.668. The molecule has 1 amide bonds. The van der Waals surface area contributed by atoms with Crippen LogP contribution in [0, 0.1) is 12.7 Å². The molecule has 1 aromatic heterocycles. The zero-order valence-electron chi connectivity index (χ0n) is 14.4. The molecule has 0 radical (unpaired) electrons. The fourth-order valence-corrected chi connectivity index (χ4v) is 3.59. The third-order valence-electron chi connectivity index (χ3n) is 3.87. The van der Waals surface area contributed by atoms with E-state index in [2.05, 4.69) is 10.3 Å². The molecule has 1 heterocycles. The van der Waals surface area contributed by atoms with Crippen LogP contribution in [0.4, 0.5) is 10.1 Å². The highest BCUT2D eigenvalue weighted by atomic mass is 32.1. The molecule has 0 aliphatic carbocycles. The van der Waals surface area contributed by atoms with E-state index >= 15 is 0 Å². The average molecular weight is 368 g/mol. The van der Waals surface area contributed by atoms with Crippen LogP contribution in [-0.4, -0.2) is 16.7 Å². The number of nitrogens with zero attached hydrogens (tertiary/aromatic N) is 1. The number of thiazole rings is 1. The van der Waals surface area contributed by atoms with Crippen molar-refractivity contribution in [2.24, 2.45) is 0 Å². The molecule has 0 unspecified atom stereocenters. The molecule has 0 fully saturated rings. The second-order valence-corrected chi connectivity index (χ2v) is 6.96. The van der Waals surface area contributed by atoms with Gasteiger partial charge >= 0.3 is 0 Å². The second-order valence-electron chi connectivity index (χ2n) is 5.88. The van der Waals surface area contributed by atoms with Crippen LogP contribution in [0.25, 0.3) is 0 Å². The molecular formula is C20H17FN2O2S. The third kappa shape index (κ3) is 4.03. The standard InChI is InChI=1S/C20H17FN2O2S/c1-12-19(20(25)23-17-6-4-3-5-16(17)13(2)24)26-18(22-12)11-14-7-9-15(21)10-8-14/h3-10H,11H2,1-2H3,(H,23,25). The molecule has 0 atom stereocenters. The van der Waals surface area contributed by atoms with Crippen molar-refractivity contribution >= 4 is 28.7 Å². The van der Waals surface area contributed by atoms with E-state index in [1.165, 1.54) is 30.4 Å². The Morgan fingerprint density at radius 3 is 2.50 bits per heavy atom. The van der Waals surface area contributed by atoms with Crippen LogP contribution in [0.3, 0.4) is 0 Å². The number of para-hydroxylation sites is 1. The highest BCUT2D eigenvalue weighted by Gasteiger charge is 2.17. The Kier molecular flexibility index (Phi) is 5.23. The Morgan fingerprint density at radius 1 is 1.12 bits per heavy atom. The Labute approximate surface area is 154 Å². The molecule has 3 rings (SSSR count). The van der Waals surface area contributed by atoms with Crippen molar-refractivity contribution in [3.63, 3.8) is 0 Å². The lowest BCUT2D eigenvalue weighted by molar-refractivity contribution is 0.101. The minimum absolute atomic E-state index is 0.112. The molecule has 4 nitrogen and oxygen atoms in total. The zero-order valence-corrected chi connectivity index (χ0v) is 15.2. The van der Waals surface area contributed by atoms with Gasteiger partial charge in [0.2, 0.25) is 0 Å². The summed E-state index contributed by atoms with van der Waals surface area (Å²) < 4.78 is 13.0. The molecular weight excluding hydrogens is 351 g/mol. The SMILES string of the molecule is CC(=O)c1ccccc1NC(=O)c1sc(Cc2ccc(F)cc2)nc1C. The smallest absolute Gasteiger partial charge is 0.267 e. The Balaban J connectivity index is 1.79. The van der Waals surface area contributed by atoms with Crippen LogP contribution >= 0.6 is 11.3 Å². The van der Waals surface area contributed by atoms with Gasteiger partial charge in [-0.25, -0.2) is 9.37 Å². The summed E-state index contributed by atoms with van der Waals surface area (Å²) in [5.41, 5.74) is 2.51. The number of benzene rings is 2. The monoisotopic (exact) mass is 368 g/mol. The number of hydrogen-bond donors (Lipinski definition) is 1. The van der Waals surface area contributed by atoms with E-state index in [-0.39, 0.29) is 17.5 Å². The third-order valence-corrected chi connectivity index (χ3v) is 5.03. The molecule has 2 aromatic carbocycles. The van der Waals surface area contributed by atoms with Crippen molar-refractivity contribution in [1.82, 2.24) is 4.98 Å². The Hall–Kier alpha value is -2.86. The number of rotatable bonds is 5. The minimum Gasteiger partial charge on any atom is -0.321 e. The number of ketones is 1. The molecule has 0 aliphatic rings. The van der Waals surface area contributed by atoms with Crippen LogP contribution in [0.2, 0.25) is 0 Å². The molecule has 26 heavy (non-hydrogen) atoms. The topological polar surface area (TPSA) is 59.1 Å². The zero-order chi connectivity index (χ0) is 18.7. The summed E-state index contributed by atoms with van der Waals surface area (Å²) >= 11 is 1.30. The fourth-order valence-electron chi connectivity index (χ4n) is 2.59. The maximum absolute atomic E-state index is 13.0. The molecule has 0 aliphatic heterocycles. The minimum atomic E-state index is -0.293. The van der Waals surface area contributed by atoms with Crippen molar-refractivity contribution in [1.29, 1.82) is 0 Å². The number of anilines is 1. The van der Waals surface area contributed by atoms with Crippen molar-refractivity contribution in [3.05, 3.63) is 81.1 Å². The van der Waals surface area contributed by atoms with Gasteiger partial charge < -0.3 is 5.32 Å². The average Bonchev–Trinajstić information content (AvgIpc) is 2.97. The normalized spacial score (nSPS) is 10.6. The van der Waals surface area contributed by atoms with Gasteiger partial charge in [0.05, 0.1) is 16.4 Å². The summed E-state index contributed by atoms with van der Waals surface area (Å²) in [5.74, 6) is -0.689.